The smallest absolute Gasteiger partial charge is 0.142 e. The van der Waals surface area contributed by atoms with E-state index in [2.05, 4.69) is 27.1 Å². The fourth-order valence-corrected chi connectivity index (χ4v) is 2.42. The van der Waals surface area contributed by atoms with Crippen molar-refractivity contribution >= 4 is 23.1 Å². The third-order valence-electron chi connectivity index (χ3n) is 2.74. The molecule has 102 valence electrons. The van der Waals surface area contributed by atoms with Gasteiger partial charge in [0.25, 0.3) is 0 Å². The maximum atomic E-state index is 5.87. The Labute approximate surface area is 122 Å². The molecule has 1 fully saturated rings. The highest BCUT2D eigenvalue weighted by molar-refractivity contribution is 7.10. The molecule has 1 aromatic carbocycles. The van der Waals surface area contributed by atoms with E-state index in [1.165, 1.54) is 11.5 Å². The number of halogens is 1. The first kappa shape index (κ1) is 14.4. The van der Waals surface area contributed by atoms with Crippen molar-refractivity contribution < 1.29 is 0 Å². The number of rotatable bonds is 1. The van der Waals surface area contributed by atoms with Crippen molar-refractivity contribution in [2.45, 2.75) is 13.0 Å². The van der Waals surface area contributed by atoms with Gasteiger partial charge in [-0.25, -0.2) is 0 Å². The van der Waals surface area contributed by atoms with Crippen LogP contribution in [0.2, 0.25) is 4.34 Å². The van der Waals surface area contributed by atoms with E-state index in [0.717, 1.165) is 30.9 Å². The van der Waals surface area contributed by atoms with Crippen molar-refractivity contribution in [3.8, 4) is 11.3 Å². The highest BCUT2D eigenvalue weighted by Gasteiger charge is 2.06. The van der Waals surface area contributed by atoms with E-state index in [1.807, 2.05) is 30.3 Å². The molecule has 1 aromatic heterocycles. The van der Waals surface area contributed by atoms with E-state index in [9.17, 15) is 0 Å². The molecular weight excluding hydrogens is 280 g/mol. The lowest BCUT2D eigenvalue weighted by Crippen LogP contribution is -2.46. The van der Waals surface area contributed by atoms with Gasteiger partial charge in [-0.15, -0.1) is 5.10 Å². The third kappa shape index (κ3) is 4.54. The van der Waals surface area contributed by atoms with Gasteiger partial charge in [0, 0.05) is 42.8 Å². The van der Waals surface area contributed by atoms with Gasteiger partial charge in [0.1, 0.15) is 10.0 Å². The Morgan fingerprint density at radius 2 is 2.05 bits per heavy atom. The summed E-state index contributed by atoms with van der Waals surface area (Å²) in [6, 6.07) is 10.5. The molecule has 2 heterocycles. The second-order valence-corrected chi connectivity index (χ2v) is 5.68. The normalized spacial score (nSPS) is 18.5. The summed E-state index contributed by atoms with van der Waals surface area (Å²) in [6.45, 7) is 5.57. The second-order valence-electron chi connectivity index (χ2n) is 4.32. The Kier molecular flexibility index (Phi) is 5.72. The molecule has 1 aliphatic rings. The summed E-state index contributed by atoms with van der Waals surface area (Å²) in [4.78, 5) is 0. The van der Waals surface area contributed by atoms with E-state index in [4.69, 9.17) is 11.6 Å². The summed E-state index contributed by atoms with van der Waals surface area (Å²) in [7, 11) is 0. The molecule has 6 heteroatoms. The summed E-state index contributed by atoms with van der Waals surface area (Å²) < 4.78 is 4.40. The number of nitrogens with zero attached hydrogens (tertiary/aromatic N) is 2. The maximum absolute atomic E-state index is 5.87. The number of piperazine rings is 1. The fraction of sp³-hybridized carbons (Fsp3) is 0.385. The Balaban J connectivity index is 0.000000163. The van der Waals surface area contributed by atoms with Gasteiger partial charge in [0.15, 0.2) is 0 Å². The van der Waals surface area contributed by atoms with Crippen molar-refractivity contribution in [3.63, 3.8) is 0 Å². The first-order valence-electron chi connectivity index (χ1n) is 6.24. The zero-order valence-electron chi connectivity index (χ0n) is 10.8. The van der Waals surface area contributed by atoms with Crippen LogP contribution in [0.4, 0.5) is 0 Å². The van der Waals surface area contributed by atoms with Gasteiger partial charge < -0.3 is 10.6 Å². The zero-order valence-corrected chi connectivity index (χ0v) is 12.3. The number of nitrogens with one attached hydrogen (secondary N) is 2. The van der Waals surface area contributed by atoms with E-state index < -0.39 is 0 Å². The minimum absolute atomic E-state index is 0.640. The van der Waals surface area contributed by atoms with Crippen LogP contribution in [0.5, 0.6) is 0 Å². The van der Waals surface area contributed by atoms with E-state index in [0.29, 0.717) is 10.4 Å². The minimum Gasteiger partial charge on any atom is -0.314 e. The molecule has 1 atom stereocenters. The van der Waals surface area contributed by atoms with Crippen LogP contribution in [0.15, 0.2) is 30.3 Å². The van der Waals surface area contributed by atoms with Gasteiger partial charge in [0.05, 0.1) is 0 Å². The predicted molar refractivity (Wildman–Crippen MR) is 80.7 cm³/mol. The molecule has 2 aromatic rings. The number of aromatic nitrogens is 2. The van der Waals surface area contributed by atoms with Gasteiger partial charge >= 0.3 is 0 Å². The van der Waals surface area contributed by atoms with E-state index in [-0.39, 0.29) is 0 Å². The molecular formula is C13H17ClN4S. The lowest BCUT2D eigenvalue weighted by molar-refractivity contribution is 0.442. The van der Waals surface area contributed by atoms with E-state index in [1.54, 1.807) is 0 Å². The van der Waals surface area contributed by atoms with Gasteiger partial charge in [-0.2, -0.15) is 0 Å². The van der Waals surface area contributed by atoms with Crippen molar-refractivity contribution in [2.75, 3.05) is 19.6 Å². The van der Waals surface area contributed by atoms with Crippen LogP contribution in [0.25, 0.3) is 11.3 Å². The molecule has 0 radical (unpaired) electrons. The Bertz CT molecular complexity index is 482. The summed E-state index contributed by atoms with van der Waals surface area (Å²) >= 11 is 7.07. The molecule has 0 unspecified atom stereocenters. The predicted octanol–water partition coefficient (Wildman–Crippen LogP) is 2.43. The second kappa shape index (κ2) is 7.55. The third-order valence-corrected chi connectivity index (χ3v) is 3.64. The van der Waals surface area contributed by atoms with Gasteiger partial charge in [-0.1, -0.05) is 46.4 Å². The van der Waals surface area contributed by atoms with Gasteiger partial charge in [-0.3, -0.25) is 0 Å². The molecule has 3 rings (SSSR count). The average Bonchev–Trinajstić information content (AvgIpc) is 2.88. The van der Waals surface area contributed by atoms with Gasteiger partial charge in [0.2, 0.25) is 0 Å². The lowest BCUT2D eigenvalue weighted by Gasteiger charge is -2.19. The van der Waals surface area contributed by atoms with Crippen LogP contribution < -0.4 is 10.6 Å². The summed E-state index contributed by atoms with van der Waals surface area (Å²) in [5.41, 5.74) is 1.78. The Morgan fingerprint density at radius 3 is 2.53 bits per heavy atom. The van der Waals surface area contributed by atoms with Gasteiger partial charge in [-0.05, 0) is 6.92 Å². The molecule has 4 nitrogen and oxygen atoms in total. The Morgan fingerprint density at radius 1 is 1.26 bits per heavy atom. The quantitative estimate of drug-likeness (QED) is 0.848. The molecule has 0 bridgehead atoms. The minimum atomic E-state index is 0.640. The lowest BCUT2D eigenvalue weighted by atomic mass is 10.2. The largest absolute Gasteiger partial charge is 0.314 e. The number of hydrogen-bond donors (Lipinski definition) is 2. The van der Waals surface area contributed by atoms with Crippen molar-refractivity contribution in [1.82, 2.24) is 20.2 Å². The topological polar surface area (TPSA) is 49.8 Å². The van der Waals surface area contributed by atoms with Crippen molar-refractivity contribution in [3.05, 3.63) is 34.7 Å². The van der Waals surface area contributed by atoms with Crippen LogP contribution in [0.1, 0.15) is 6.92 Å². The molecule has 19 heavy (non-hydrogen) atoms. The molecule has 0 saturated carbocycles. The van der Waals surface area contributed by atoms with Crippen molar-refractivity contribution in [1.29, 1.82) is 0 Å². The molecule has 1 saturated heterocycles. The highest BCUT2D eigenvalue weighted by atomic mass is 35.5. The molecule has 0 spiro atoms. The Hall–Kier alpha value is -1.01. The average molecular weight is 297 g/mol. The van der Waals surface area contributed by atoms with Crippen molar-refractivity contribution in [2.24, 2.45) is 0 Å². The zero-order chi connectivity index (χ0) is 13.5. The number of hydrogen-bond acceptors (Lipinski definition) is 5. The molecule has 1 aliphatic heterocycles. The van der Waals surface area contributed by atoms with Crippen LogP contribution in [-0.4, -0.2) is 35.3 Å². The molecule has 0 aliphatic carbocycles. The standard InChI is InChI=1S/C8H5ClN2S.C5H12N2/c9-8-7(10-11-12-8)6-4-2-1-3-5-6;1-5-4-6-2-3-7-5/h1-5H;5-7H,2-4H2,1H3/t;5-/m.1/s1. The van der Waals surface area contributed by atoms with Crippen LogP contribution in [0.3, 0.4) is 0 Å². The fourth-order valence-electron chi connectivity index (χ4n) is 1.74. The SMILES string of the molecule is C[C@@H]1CNCCN1.Clc1snnc1-c1ccccc1. The number of benzene rings is 1. The van der Waals surface area contributed by atoms with Crippen LogP contribution >= 0.6 is 23.1 Å². The first-order valence-corrected chi connectivity index (χ1v) is 7.40. The van der Waals surface area contributed by atoms with E-state index >= 15 is 0 Å². The van der Waals surface area contributed by atoms with Crippen LogP contribution in [0, 0.1) is 0 Å². The van der Waals surface area contributed by atoms with Crippen LogP contribution in [-0.2, 0) is 0 Å². The first-order chi connectivity index (χ1) is 9.27. The molecule has 0 amide bonds. The summed E-state index contributed by atoms with van der Waals surface area (Å²) in [5.74, 6) is 0. The summed E-state index contributed by atoms with van der Waals surface area (Å²) in [5, 5.41) is 10.5. The highest BCUT2D eigenvalue weighted by Crippen LogP contribution is 2.27. The molecule has 2 N–H and O–H groups in total. The monoisotopic (exact) mass is 296 g/mol. The maximum Gasteiger partial charge on any atom is 0.142 e. The summed E-state index contributed by atoms with van der Waals surface area (Å²) in [6.07, 6.45) is 0.